The zero-order valence-corrected chi connectivity index (χ0v) is 20.0. The van der Waals surface area contributed by atoms with Gasteiger partial charge in [-0.05, 0) is 25.5 Å². The highest BCUT2D eigenvalue weighted by atomic mass is 32.2. The fourth-order valence-electron chi connectivity index (χ4n) is 3.27. The zero-order chi connectivity index (χ0) is 23.4. The van der Waals surface area contributed by atoms with Gasteiger partial charge in [-0.15, -0.1) is 21.5 Å². The van der Waals surface area contributed by atoms with Gasteiger partial charge < -0.3 is 19.0 Å². The molecule has 4 rings (SSSR count). The number of thiophene rings is 1. The molecule has 0 unspecified atom stereocenters. The molecular weight excluding hydrogens is 460 g/mol. The normalized spacial score (nSPS) is 10.9. The zero-order valence-electron chi connectivity index (χ0n) is 18.3. The van der Waals surface area contributed by atoms with Gasteiger partial charge >= 0.3 is 5.97 Å². The Kier molecular flexibility index (Phi) is 6.95. The number of carbonyl (C=O) groups excluding carboxylic acids is 2. The van der Waals surface area contributed by atoms with E-state index in [1.54, 1.807) is 13.2 Å². The lowest BCUT2D eigenvalue weighted by Gasteiger charge is -2.09. The van der Waals surface area contributed by atoms with E-state index in [9.17, 15) is 9.59 Å². The minimum Gasteiger partial charge on any atom is -0.469 e. The van der Waals surface area contributed by atoms with Crippen LogP contribution in [-0.4, -0.2) is 39.0 Å². The third-order valence-corrected chi connectivity index (χ3v) is 6.79. The summed E-state index contributed by atoms with van der Waals surface area (Å²) in [5.41, 5.74) is 2.83. The number of nitrogens with one attached hydrogen (secondary N) is 1. The maximum absolute atomic E-state index is 12.7. The summed E-state index contributed by atoms with van der Waals surface area (Å²) in [7, 11) is 1.84. The van der Waals surface area contributed by atoms with Crippen molar-refractivity contribution in [3.05, 3.63) is 59.4 Å². The Balaban J connectivity index is 1.49. The smallest absolute Gasteiger partial charge is 0.341 e. The summed E-state index contributed by atoms with van der Waals surface area (Å²) in [5.74, 6) is 0.805. The van der Waals surface area contributed by atoms with Crippen molar-refractivity contribution in [3.63, 3.8) is 0 Å². The predicted octanol–water partition coefficient (Wildman–Crippen LogP) is 5.02. The predicted molar refractivity (Wildman–Crippen MR) is 129 cm³/mol. The van der Waals surface area contributed by atoms with Crippen molar-refractivity contribution < 1.29 is 18.7 Å². The van der Waals surface area contributed by atoms with Crippen LogP contribution < -0.4 is 5.32 Å². The molecule has 1 aromatic carbocycles. The quantitative estimate of drug-likeness (QED) is 0.278. The van der Waals surface area contributed by atoms with Gasteiger partial charge in [0.05, 0.1) is 24.2 Å². The monoisotopic (exact) mass is 482 g/mol. The number of nitrogens with zero attached hydrogens (tertiary/aromatic N) is 3. The first-order chi connectivity index (χ1) is 16.0. The number of benzene rings is 1. The van der Waals surface area contributed by atoms with Gasteiger partial charge in [0.2, 0.25) is 5.91 Å². The number of thioether (sulfide) groups is 1. The molecule has 0 spiro atoms. The first kappa shape index (κ1) is 22.8. The number of hydrogen-bond donors (Lipinski definition) is 1. The fraction of sp³-hybridized carbons (Fsp3) is 0.217. The number of amides is 1. The fourth-order valence-corrected chi connectivity index (χ4v) is 4.96. The molecule has 0 saturated carbocycles. The SMILES string of the molecule is CCOC(=O)c1c(-c2ccccc2)csc1NC(=O)CSc1nnc(-c2ccoc2C)n1C. The van der Waals surface area contributed by atoms with Gasteiger partial charge in [0.1, 0.15) is 16.3 Å². The molecule has 1 amide bonds. The van der Waals surface area contributed by atoms with E-state index in [4.69, 9.17) is 9.15 Å². The highest BCUT2D eigenvalue weighted by Crippen LogP contribution is 2.36. The van der Waals surface area contributed by atoms with E-state index < -0.39 is 5.97 Å². The average molecular weight is 483 g/mol. The molecule has 1 N–H and O–H groups in total. The van der Waals surface area contributed by atoms with Gasteiger partial charge in [-0.3, -0.25) is 4.79 Å². The van der Waals surface area contributed by atoms with E-state index >= 15 is 0 Å². The van der Waals surface area contributed by atoms with Crippen LogP contribution in [0.4, 0.5) is 5.00 Å². The van der Waals surface area contributed by atoms with Crippen molar-refractivity contribution in [3.8, 4) is 22.5 Å². The van der Waals surface area contributed by atoms with Crippen molar-refractivity contribution in [1.29, 1.82) is 0 Å². The second-order valence-electron chi connectivity index (χ2n) is 7.03. The van der Waals surface area contributed by atoms with Crippen molar-refractivity contribution in [2.24, 2.45) is 7.05 Å². The second kappa shape index (κ2) is 10.1. The Labute approximate surface area is 199 Å². The van der Waals surface area contributed by atoms with Crippen molar-refractivity contribution in [2.45, 2.75) is 19.0 Å². The minimum absolute atomic E-state index is 0.108. The summed E-state index contributed by atoms with van der Waals surface area (Å²) < 4.78 is 12.4. The molecule has 33 heavy (non-hydrogen) atoms. The van der Waals surface area contributed by atoms with E-state index in [1.165, 1.54) is 23.1 Å². The van der Waals surface area contributed by atoms with Crippen LogP contribution in [0, 0.1) is 6.92 Å². The Morgan fingerprint density at radius 1 is 1.18 bits per heavy atom. The van der Waals surface area contributed by atoms with Crippen LogP contribution in [0.25, 0.3) is 22.5 Å². The number of hydrogen-bond acceptors (Lipinski definition) is 8. The molecule has 0 aliphatic heterocycles. The number of rotatable bonds is 8. The summed E-state index contributed by atoms with van der Waals surface area (Å²) >= 11 is 2.56. The Morgan fingerprint density at radius 3 is 2.67 bits per heavy atom. The molecule has 0 aliphatic carbocycles. The van der Waals surface area contributed by atoms with Gasteiger partial charge in [-0.2, -0.15) is 0 Å². The summed E-state index contributed by atoms with van der Waals surface area (Å²) in [6.07, 6.45) is 1.60. The summed E-state index contributed by atoms with van der Waals surface area (Å²) in [6, 6.07) is 11.4. The van der Waals surface area contributed by atoms with Crippen LogP contribution in [0.15, 0.2) is 57.6 Å². The highest BCUT2D eigenvalue weighted by Gasteiger charge is 2.23. The standard InChI is InChI=1S/C23H22N4O4S2/c1-4-30-22(29)19-17(15-8-6-5-7-9-15)12-32-21(19)24-18(28)13-33-23-26-25-20(27(23)3)16-10-11-31-14(16)2/h5-12H,4,13H2,1-3H3,(H,24,28). The number of carbonyl (C=O) groups is 2. The number of aryl methyl sites for hydroxylation is 1. The van der Waals surface area contributed by atoms with Gasteiger partial charge in [0.15, 0.2) is 11.0 Å². The molecule has 8 nitrogen and oxygen atoms in total. The lowest BCUT2D eigenvalue weighted by Crippen LogP contribution is -2.16. The average Bonchev–Trinajstić information content (AvgIpc) is 3.51. The topological polar surface area (TPSA) is 99.2 Å². The molecule has 0 bridgehead atoms. The minimum atomic E-state index is -0.464. The maximum Gasteiger partial charge on any atom is 0.341 e. The molecule has 10 heteroatoms. The van der Waals surface area contributed by atoms with Crippen LogP contribution in [0.3, 0.4) is 0 Å². The van der Waals surface area contributed by atoms with Gasteiger partial charge in [0.25, 0.3) is 0 Å². The molecule has 3 heterocycles. The van der Waals surface area contributed by atoms with E-state index in [1.807, 2.05) is 60.3 Å². The van der Waals surface area contributed by atoms with Crippen LogP contribution in [0.2, 0.25) is 0 Å². The Hall–Kier alpha value is -3.37. The van der Waals surface area contributed by atoms with Crippen LogP contribution in [-0.2, 0) is 16.6 Å². The van der Waals surface area contributed by atoms with Crippen LogP contribution in [0.1, 0.15) is 23.0 Å². The Bertz CT molecular complexity index is 1280. The largest absolute Gasteiger partial charge is 0.469 e. The maximum atomic E-state index is 12.7. The molecule has 4 aromatic rings. The first-order valence-electron chi connectivity index (χ1n) is 10.2. The van der Waals surface area contributed by atoms with E-state index in [-0.39, 0.29) is 18.3 Å². The van der Waals surface area contributed by atoms with Crippen LogP contribution >= 0.6 is 23.1 Å². The molecule has 3 aromatic heterocycles. The lowest BCUT2D eigenvalue weighted by molar-refractivity contribution is -0.113. The van der Waals surface area contributed by atoms with Crippen molar-refractivity contribution in [2.75, 3.05) is 17.7 Å². The first-order valence-corrected chi connectivity index (χ1v) is 12.1. The van der Waals surface area contributed by atoms with Crippen molar-refractivity contribution >= 4 is 40.0 Å². The van der Waals surface area contributed by atoms with Gasteiger partial charge in [-0.1, -0.05) is 42.1 Å². The van der Waals surface area contributed by atoms with E-state index in [0.717, 1.165) is 22.5 Å². The third kappa shape index (κ3) is 4.86. The second-order valence-corrected chi connectivity index (χ2v) is 8.85. The number of esters is 1. The molecule has 0 fully saturated rings. The van der Waals surface area contributed by atoms with Crippen molar-refractivity contribution in [1.82, 2.24) is 14.8 Å². The molecule has 0 aliphatic rings. The third-order valence-electron chi connectivity index (χ3n) is 4.88. The highest BCUT2D eigenvalue weighted by molar-refractivity contribution is 7.99. The molecule has 170 valence electrons. The summed E-state index contributed by atoms with van der Waals surface area (Å²) in [6.45, 7) is 3.86. The number of furan rings is 1. The molecular formula is C23H22N4O4S2. The number of anilines is 1. The van der Waals surface area contributed by atoms with E-state index in [0.29, 0.717) is 21.5 Å². The summed E-state index contributed by atoms with van der Waals surface area (Å²) in [5, 5.41) is 14.2. The molecule has 0 radical (unpaired) electrons. The lowest BCUT2D eigenvalue weighted by atomic mass is 10.0. The Morgan fingerprint density at radius 2 is 1.97 bits per heavy atom. The number of aromatic nitrogens is 3. The molecule has 0 atom stereocenters. The van der Waals surface area contributed by atoms with E-state index in [2.05, 4.69) is 15.5 Å². The van der Waals surface area contributed by atoms with Gasteiger partial charge in [-0.25, -0.2) is 4.79 Å². The summed E-state index contributed by atoms with van der Waals surface area (Å²) in [4.78, 5) is 25.4. The number of ether oxygens (including phenoxy) is 1. The molecule has 0 saturated heterocycles. The van der Waals surface area contributed by atoms with Crippen LogP contribution in [0.5, 0.6) is 0 Å². The van der Waals surface area contributed by atoms with Gasteiger partial charge in [0, 0.05) is 18.0 Å².